The maximum atomic E-state index is 12.5. The zero-order valence-corrected chi connectivity index (χ0v) is 22.6. The van der Waals surface area contributed by atoms with Crippen LogP contribution in [0.3, 0.4) is 0 Å². The smallest absolute Gasteiger partial charge is 0.413 e. The molecule has 1 N–H and O–H groups in total. The van der Waals surface area contributed by atoms with Crippen LogP contribution >= 0.6 is 0 Å². The Morgan fingerprint density at radius 1 is 1.12 bits per heavy atom. The van der Waals surface area contributed by atoms with Crippen molar-refractivity contribution in [2.75, 3.05) is 5.32 Å². The van der Waals surface area contributed by atoms with E-state index in [4.69, 9.17) is 14.3 Å². The highest BCUT2D eigenvalue weighted by Gasteiger charge is 2.41. The number of benzene rings is 1. The molecule has 1 heterocycles. The van der Waals surface area contributed by atoms with Crippen molar-refractivity contribution in [3.8, 4) is 0 Å². The van der Waals surface area contributed by atoms with Crippen LogP contribution in [0.2, 0.25) is 18.1 Å². The molecule has 7 heteroatoms. The highest BCUT2D eigenvalue weighted by Crippen LogP contribution is 2.43. The van der Waals surface area contributed by atoms with Gasteiger partial charge < -0.3 is 9.16 Å². The van der Waals surface area contributed by atoms with E-state index in [9.17, 15) is 4.79 Å². The summed E-state index contributed by atoms with van der Waals surface area (Å²) in [6, 6.07) is 11.7. The first kappa shape index (κ1) is 25.5. The van der Waals surface area contributed by atoms with Crippen molar-refractivity contribution in [1.29, 1.82) is 0 Å². The monoisotopic (exact) mass is 471 g/mol. The first-order chi connectivity index (χ1) is 15.3. The highest BCUT2D eigenvalue weighted by molar-refractivity contribution is 6.74. The van der Waals surface area contributed by atoms with Crippen LogP contribution < -0.4 is 5.32 Å². The van der Waals surface area contributed by atoms with Crippen molar-refractivity contribution in [1.82, 2.24) is 9.78 Å². The van der Waals surface area contributed by atoms with Gasteiger partial charge in [0.2, 0.25) is 0 Å². The lowest BCUT2D eigenvalue weighted by Gasteiger charge is -2.38. The van der Waals surface area contributed by atoms with Gasteiger partial charge in [0.1, 0.15) is 12.4 Å². The number of rotatable bonds is 6. The van der Waals surface area contributed by atoms with Crippen LogP contribution in [0, 0.1) is 0 Å². The fraction of sp³-hybridized carbons (Fsp3) is 0.615. The van der Waals surface area contributed by atoms with Crippen LogP contribution in [0.15, 0.2) is 36.4 Å². The van der Waals surface area contributed by atoms with Crippen molar-refractivity contribution >= 4 is 20.2 Å². The lowest BCUT2D eigenvalue weighted by atomic mass is 10.0. The van der Waals surface area contributed by atoms with Gasteiger partial charge in [-0.05, 0) is 63.7 Å². The maximum absolute atomic E-state index is 12.5. The molecule has 0 spiro atoms. The molecule has 2 aromatic rings. The largest absolute Gasteiger partial charge is 0.444 e. The molecule has 1 aliphatic carbocycles. The molecule has 0 unspecified atom stereocenters. The summed E-state index contributed by atoms with van der Waals surface area (Å²) in [4.78, 5) is 12.5. The third-order valence-corrected chi connectivity index (χ3v) is 11.4. The number of anilines is 1. The van der Waals surface area contributed by atoms with E-state index >= 15 is 0 Å². The molecule has 1 fully saturated rings. The normalized spacial score (nSPS) is 19.5. The summed E-state index contributed by atoms with van der Waals surface area (Å²) in [5, 5.41) is 8.04. The van der Waals surface area contributed by atoms with Crippen LogP contribution in [-0.2, 0) is 21.3 Å². The van der Waals surface area contributed by atoms with E-state index in [0.717, 1.165) is 30.5 Å². The number of carbonyl (C=O) groups excluding carboxylic acids is 1. The van der Waals surface area contributed by atoms with E-state index in [2.05, 4.69) is 60.0 Å². The van der Waals surface area contributed by atoms with Gasteiger partial charge in [-0.25, -0.2) is 9.48 Å². The average molecular weight is 472 g/mol. The molecule has 0 bridgehead atoms. The van der Waals surface area contributed by atoms with E-state index in [1.807, 2.05) is 41.1 Å². The second kappa shape index (κ2) is 9.62. The minimum Gasteiger partial charge on any atom is -0.444 e. The Labute approximate surface area is 200 Å². The minimum atomic E-state index is -1.79. The average Bonchev–Trinajstić information content (AvgIpc) is 3.33. The number of ether oxygens (including phenoxy) is 1. The van der Waals surface area contributed by atoms with Crippen molar-refractivity contribution in [2.45, 2.75) is 103 Å². The van der Waals surface area contributed by atoms with Crippen molar-refractivity contribution < 1.29 is 14.0 Å². The topological polar surface area (TPSA) is 65.4 Å². The summed E-state index contributed by atoms with van der Waals surface area (Å²) in [5.41, 5.74) is 1.71. The van der Waals surface area contributed by atoms with Gasteiger partial charge in [0.15, 0.2) is 8.32 Å². The van der Waals surface area contributed by atoms with Crippen LogP contribution in [0.4, 0.5) is 10.6 Å². The summed E-state index contributed by atoms with van der Waals surface area (Å²) in [5.74, 6) is 1.01. The van der Waals surface area contributed by atoms with Gasteiger partial charge in [-0.1, -0.05) is 51.1 Å². The number of nitrogens with one attached hydrogen (secondary N) is 1. The molecule has 0 saturated heterocycles. The van der Waals surface area contributed by atoms with Crippen LogP contribution in [0.5, 0.6) is 0 Å². The molecule has 33 heavy (non-hydrogen) atoms. The second-order valence-electron chi connectivity index (χ2n) is 11.7. The fourth-order valence-corrected chi connectivity index (χ4v) is 5.37. The predicted molar refractivity (Wildman–Crippen MR) is 136 cm³/mol. The molecular formula is C26H41N3O3Si. The predicted octanol–water partition coefficient (Wildman–Crippen LogP) is 7.04. The van der Waals surface area contributed by atoms with Gasteiger partial charge in [0.05, 0.1) is 11.2 Å². The van der Waals surface area contributed by atoms with Gasteiger partial charge >= 0.3 is 6.09 Å². The number of nitrogens with zero attached hydrogens (tertiary/aromatic N) is 2. The summed E-state index contributed by atoms with van der Waals surface area (Å²) in [6.07, 6.45) is 2.90. The molecule has 3 rings (SSSR count). The molecule has 1 amide bonds. The van der Waals surface area contributed by atoms with E-state index in [1.54, 1.807) is 0 Å². The molecule has 1 aromatic carbocycles. The maximum Gasteiger partial charge on any atom is 0.413 e. The molecular weight excluding hydrogens is 430 g/mol. The third-order valence-electron chi connectivity index (χ3n) is 6.88. The standard InChI is InChI=1S/C26H41N3O3Si/c1-25(2,3)29-23(27-24(30)31-18-19-12-10-9-11-13-19)17-22(28-29)20-14-15-21(16-20)32-33(7,8)26(4,5)6/h9-13,17,20-21H,14-16,18H2,1-8H3,(H,27,30)/t20-,21+/m0/s1. The number of aromatic nitrogens is 2. The van der Waals surface area contributed by atoms with Gasteiger partial charge in [0, 0.05) is 18.1 Å². The van der Waals surface area contributed by atoms with E-state index in [-0.39, 0.29) is 23.3 Å². The number of carbonyl (C=O) groups is 1. The molecule has 0 radical (unpaired) electrons. The molecule has 6 nitrogen and oxygen atoms in total. The lowest BCUT2D eigenvalue weighted by Crippen LogP contribution is -2.43. The molecule has 1 aliphatic rings. The summed E-state index contributed by atoms with van der Waals surface area (Å²) >= 11 is 0. The van der Waals surface area contributed by atoms with E-state index < -0.39 is 14.4 Å². The Morgan fingerprint density at radius 3 is 2.39 bits per heavy atom. The number of hydrogen-bond donors (Lipinski definition) is 1. The molecule has 2 atom stereocenters. The molecule has 0 aliphatic heterocycles. The zero-order chi connectivity index (χ0) is 24.4. The molecule has 1 aromatic heterocycles. The Kier molecular flexibility index (Phi) is 7.44. The Morgan fingerprint density at radius 2 is 1.79 bits per heavy atom. The summed E-state index contributed by atoms with van der Waals surface area (Å²) in [7, 11) is -1.79. The first-order valence-corrected chi connectivity index (χ1v) is 14.9. The van der Waals surface area contributed by atoms with Gasteiger partial charge in [-0.2, -0.15) is 5.10 Å². The van der Waals surface area contributed by atoms with E-state index in [1.165, 1.54) is 0 Å². The van der Waals surface area contributed by atoms with Crippen LogP contribution in [0.1, 0.15) is 78.0 Å². The first-order valence-electron chi connectivity index (χ1n) is 12.0. The number of amides is 1. The van der Waals surface area contributed by atoms with Crippen LogP contribution in [0.25, 0.3) is 0 Å². The summed E-state index contributed by atoms with van der Waals surface area (Å²) < 4.78 is 14.0. The Hall–Kier alpha value is -2.12. The third kappa shape index (κ3) is 6.48. The van der Waals surface area contributed by atoms with Gasteiger partial charge in [0.25, 0.3) is 0 Å². The fourth-order valence-electron chi connectivity index (χ4n) is 3.97. The second-order valence-corrected chi connectivity index (χ2v) is 16.5. The minimum absolute atomic E-state index is 0.204. The quantitative estimate of drug-likeness (QED) is 0.459. The van der Waals surface area contributed by atoms with E-state index in [0.29, 0.717) is 11.7 Å². The van der Waals surface area contributed by atoms with Crippen LogP contribution in [-0.4, -0.2) is 30.3 Å². The Bertz CT molecular complexity index is 942. The SMILES string of the molecule is CC(C)(C)n1nc([C@H]2CC[C@@H](O[Si](C)(C)C(C)(C)C)C2)cc1NC(=O)OCc1ccccc1. The van der Waals surface area contributed by atoms with Gasteiger partial charge in [-0.15, -0.1) is 0 Å². The van der Waals surface area contributed by atoms with Crippen molar-refractivity contribution in [3.05, 3.63) is 47.7 Å². The molecule has 182 valence electrons. The lowest BCUT2D eigenvalue weighted by molar-refractivity contribution is 0.154. The Balaban J connectivity index is 1.68. The number of hydrogen-bond acceptors (Lipinski definition) is 4. The zero-order valence-electron chi connectivity index (χ0n) is 21.6. The van der Waals surface area contributed by atoms with Gasteiger partial charge in [-0.3, -0.25) is 5.32 Å². The van der Waals surface area contributed by atoms with Crippen molar-refractivity contribution in [3.63, 3.8) is 0 Å². The highest BCUT2D eigenvalue weighted by atomic mass is 28.4. The molecule has 1 saturated carbocycles. The van der Waals surface area contributed by atoms with Crippen molar-refractivity contribution in [2.24, 2.45) is 0 Å². The summed E-state index contributed by atoms with van der Waals surface area (Å²) in [6.45, 7) is 18.0.